The molecule has 2 fully saturated rings. The summed E-state index contributed by atoms with van der Waals surface area (Å²) >= 11 is 0. The summed E-state index contributed by atoms with van der Waals surface area (Å²) in [5, 5.41) is 32.2. The van der Waals surface area contributed by atoms with Crippen molar-refractivity contribution in [3.8, 4) is 28.6 Å². The summed E-state index contributed by atoms with van der Waals surface area (Å²) in [5.41, 5.74) is 1.72. The summed E-state index contributed by atoms with van der Waals surface area (Å²) in [6.07, 6.45) is 1.77. The van der Waals surface area contributed by atoms with Crippen molar-refractivity contribution in [3.05, 3.63) is 47.5 Å². The van der Waals surface area contributed by atoms with Crippen molar-refractivity contribution in [2.75, 3.05) is 37.6 Å². The van der Waals surface area contributed by atoms with E-state index in [1.165, 1.54) is 16.7 Å². The molecule has 1 amide bonds. The summed E-state index contributed by atoms with van der Waals surface area (Å²) < 4.78 is 17.1. The number of amides is 1. The molecular formula is C27H33FN6O3. The van der Waals surface area contributed by atoms with Gasteiger partial charge in [-0.1, -0.05) is 20.8 Å². The molecule has 1 saturated heterocycles. The maximum absolute atomic E-state index is 15.7. The number of carbonyl (C=O) groups is 1. The minimum absolute atomic E-state index is 0.0439. The van der Waals surface area contributed by atoms with E-state index in [2.05, 4.69) is 32.2 Å². The van der Waals surface area contributed by atoms with Crippen LogP contribution >= 0.6 is 0 Å². The number of piperazine rings is 1. The van der Waals surface area contributed by atoms with Gasteiger partial charge in [0.25, 0.3) is 5.91 Å². The van der Waals surface area contributed by atoms with Gasteiger partial charge in [0.1, 0.15) is 17.3 Å². The summed E-state index contributed by atoms with van der Waals surface area (Å²) in [7, 11) is 0. The van der Waals surface area contributed by atoms with Crippen molar-refractivity contribution in [3.63, 3.8) is 0 Å². The Hall–Kier alpha value is -3.66. The maximum atomic E-state index is 15.7. The first-order valence-electron chi connectivity index (χ1n) is 12.9. The van der Waals surface area contributed by atoms with Gasteiger partial charge >= 0.3 is 0 Å². The SMILES string of the molecule is CCN1CCN(c2ccc(-n3c(C(=O)NC4CC4)nnc3-c3cc(C(C)C)c(O)cc3O)c(F)c2)CC1. The molecule has 3 N–H and O–H groups in total. The predicted octanol–water partition coefficient (Wildman–Crippen LogP) is 3.64. The fraction of sp³-hybridized carbons (Fsp3) is 0.444. The zero-order valence-electron chi connectivity index (χ0n) is 21.4. The van der Waals surface area contributed by atoms with Crippen LogP contribution in [0.4, 0.5) is 10.1 Å². The molecule has 2 aliphatic rings. The third-order valence-electron chi connectivity index (χ3n) is 7.14. The number of nitrogens with one attached hydrogen (secondary N) is 1. The van der Waals surface area contributed by atoms with Gasteiger partial charge in [-0.3, -0.25) is 9.36 Å². The van der Waals surface area contributed by atoms with Crippen LogP contribution in [0.25, 0.3) is 17.1 Å². The Morgan fingerprint density at radius 3 is 2.43 bits per heavy atom. The van der Waals surface area contributed by atoms with Gasteiger partial charge in [0, 0.05) is 44.0 Å². The van der Waals surface area contributed by atoms with Crippen LogP contribution in [0.2, 0.25) is 0 Å². The highest BCUT2D eigenvalue weighted by Gasteiger charge is 2.30. The lowest BCUT2D eigenvalue weighted by atomic mass is 9.98. The Balaban J connectivity index is 1.58. The first-order chi connectivity index (χ1) is 17.8. The van der Waals surface area contributed by atoms with E-state index in [0.717, 1.165) is 51.3 Å². The number of nitrogens with zero attached hydrogens (tertiary/aromatic N) is 5. The molecular weight excluding hydrogens is 475 g/mol. The van der Waals surface area contributed by atoms with Crippen molar-refractivity contribution in [1.29, 1.82) is 0 Å². The van der Waals surface area contributed by atoms with E-state index in [9.17, 15) is 15.0 Å². The van der Waals surface area contributed by atoms with Gasteiger partial charge in [0.15, 0.2) is 5.82 Å². The second-order valence-electron chi connectivity index (χ2n) is 10.1. The first-order valence-corrected chi connectivity index (χ1v) is 12.9. The molecule has 196 valence electrons. The van der Waals surface area contributed by atoms with Gasteiger partial charge in [-0.2, -0.15) is 0 Å². The quantitative estimate of drug-likeness (QED) is 0.447. The average Bonchev–Trinajstić information content (AvgIpc) is 3.59. The Morgan fingerprint density at radius 2 is 1.81 bits per heavy atom. The number of aromatic nitrogens is 3. The summed E-state index contributed by atoms with van der Waals surface area (Å²) in [4.78, 5) is 17.6. The molecule has 0 radical (unpaired) electrons. The lowest BCUT2D eigenvalue weighted by Gasteiger charge is -2.35. The van der Waals surface area contributed by atoms with E-state index in [1.54, 1.807) is 12.1 Å². The van der Waals surface area contributed by atoms with Crippen molar-refractivity contribution in [2.24, 2.45) is 0 Å². The van der Waals surface area contributed by atoms with Gasteiger partial charge in [-0.15, -0.1) is 10.2 Å². The zero-order valence-corrected chi connectivity index (χ0v) is 21.4. The van der Waals surface area contributed by atoms with Crippen LogP contribution < -0.4 is 10.2 Å². The molecule has 10 heteroatoms. The lowest BCUT2D eigenvalue weighted by Crippen LogP contribution is -2.46. The van der Waals surface area contributed by atoms with E-state index in [0.29, 0.717) is 5.56 Å². The molecule has 0 spiro atoms. The molecule has 9 nitrogen and oxygen atoms in total. The highest BCUT2D eigenvalue weighted by molar-refractivity contribution is 5.92. The van der Waals surface area contributed by atoms with Gasteiger partial charge < -0.3 is 25.3 Å². The second kappa shape index (κ2) is 10.0. The van der Waals surface area contributed by atoms with Crippen LogP contribution in [0, 0.1) is 5.82 Å². The van der Waals surface area contributed by atoms with Crippen molar-refractivity contribution >= 4 is 11.6 Å². The van der Waals surface area contributed by atoms with Crippen LogP contribution in [0.5, 0.6) is 11.5 Å². The highest BCUT2D eigenvalue weighted by atomic mass is 19.1. The van der Waals surface area contributed by atoms with E-state index in [-0.39, 0.29) is 46.4 Å². The largest absolute Gasteiger partial charge is 0.508 e. The Bertz CT molecular complexity index is 1310. The smallest absolute Gasteiger partial charge is 0.289 e. The topological polar surface area (TPSA) is 107 Å². The molecule has 3 aromatic rings. The maximum Gasteiger partial charge on any atom is 0.289 e. The Morgan fingerprint density at radius 1 is 1.08 bits per heavy atom. The molecule has 1 aliphatic carbocycles. The number of hydrogen-bond donors (Lipinski definition) is 3. The molecule has 0 atom stereocenters. The molecule has 37 heavy (non-hydrogen) atoms. The number of phenolic OH excluding ortho intramolecular Hbond substituents is 2. The molecule has 1 aromatic heterocycles. The third kappa shape index (κ3) is 4.98. The molecule has 5 rings (SSSR count). The minimum Gasteiger partial charge on any atom is -0.508 e. The highest BCUT2D eigenvalue weighted by Crippen LogP contribution is 2.38. The number of carbonyl (C=O) groups excluding carboxylic acids is 1. The van der Waals surface area contributed by atoms with Gasteiger partial charge in [-0.05, 0) is 55.1 Å². The molecule has 0 unspecified atom stereocenters. The molecule has 0 bridgehead atoms. The minimum atomic E-state index is -0.528. The van der Waals surface area contributed by atoms with Gasteiger partial charge in [0.05, 0.1) is 11.3 Å². The number of rotatable bonds is 7. The Kier molecular flexibility index (Phi) is 6.76. The van der Waals surface area contributed by atoms with E-state index in [1.807, 2.05) is 19.9 Å². The molecule has 2 aromatic carbocycles. The van der Waals surface area contributed by atoms with Crippen LogP contribution in [-0.4, -0.2) is 74.6 Å². The standard InChI is InChI=1S/C27H33FN6O3/c1-4-32-9-11-33(12-10-32)18-7-8-22(21(28)13-18)34-25(30-31-26(34)27(37)29-17-5-6-17)20-14-19(16(2)3)23(35)15-24(20)36/h7-8,13-17,35-36H,4-6,9-12H2,1-3H3,(H,29,37). The zero-order chi connectivity index (χ0) is 26.3. The number of benzene rings is 2. The monoisotopic (exact) mass is 508 g/mol. The third-order valence-corrected chi connectivity index (χ3v) is 7.14. The van der Waals surface area contributed by atoms with E-state index in [4.69, 9.17) is 0 Å². The normalized spacial score (nSPS) is 16.4. The number of likely N-dealkylation sites (N-methyl/N-ethyl adjacent to an activating group) is 1. The number of aromatic hydroxyl groups is 2. The summed E-state index contributed by atoms with van der Waals surface area (Å²) in [6.45, 7) is 10.4. The van der Waals surface area contributed by atoms with Crippen LogP contribution in [0.1, 0.15) is 55.7 Å². The molecule has 1 saturated carbocycles. The number of halogens is 1. The molecule has 1 aliphatic heterocycles. The number of phenols is 2. The van der Waals surface area contributed by atoms with Gasteiger partial charge in [0.2, 0.25) is 5.82 Å². The second-order valence-corrected chi connectivity index (χ2v) is 10.1. The van der Waals surface area contributed by atoms with Crippen molar-refractivity contribution in [1.82, 2.24) is 25.0 Å². The van der Waals surface area contributed by atoms with E-state index >= 15 is 4.39 Å². The number of anilines is 1. The molecule has 2 heterocycles. The first kappa shape index (κ1) is 25.0. The lowest BCUT2D eigenvalue weighted by molar-refractivity contribution is 0.0938. The van der Waals surface area contributed by atoms with Gasteiger partial charge in [-0.25, -0.2) is 4.39 Å². The summed E-state index contributed by atoms with van der Waals surface area (Å²) in [5.74, 6) is -1.27. The van der Waals surface area contributed by atoms with Crippen molar-refractivity contribution in [2.45, 2.75) is 45.6 Å². The van der Waals surface area contributed by atoms with Crippen LogP contribution in [0.15, 0.2) is 30.3 Å². The number of hydrogen-bond acceptors (Lipinski definition) is 7. The van der Waals surface area contributed by atoms with Crippen LogP contribution in [0.3, 0.4) is 0 Å². The summed E-state index contributed by atoms with van der Waals surface area (Å²) in [6, 6.07) is 7.85. The fourth-order valence-corrected chi connectivity index (χ4v) is 4.74. The van der Waals surface area contributed by atoms with Crippen molar-refractivity contribution < 1.29 is 19.4 Å². The fourth-order valence-electron chi connectivity index (χ4n) is 4.74. The van der Waals surface area contributed by atoms with Crippen LogP contribution in [-0.2, 0) is 0 Å². The van der Waals surface area contributed by atoms with E-state index < -0.39 is 11.7 Å². The average molecular weight is 509 g/mol. The predicted molar refractivity (Wildman–Crippen MR) is 139 cm³/mol. The Labute approximate surface area is 215 Å².